The molecule has 1 atom stereocenters. The lowest BCUT2D eigenvalue weighted by Crippen LogP contribution is -2.44. The van der Waals surface area contributed by atoms with Gasteiger partial charge in [0.15, 0.2) is 5.65 Å². The minimum atomic E-state index is -0.738. The van der Waals surface area contributed by atoms with Gasteiger partial charge in [-0.05, 0) is 12.5 Å². The van der Waals surface area contributed by atoms with Crippen LogP contribution >= 0.6 is 11.8 Å². The van der Waals surface area contributed by atoms with E-state index in [4.69, 9.17) is 4.74 Å². The first-order chi connectivity index (χ1) is 13.2. The number of thioether (sulfide) groups is 1. The Balaban J connectivity index is 1.63. The minimum Gasteiger partial charge on any atom is -0.464 e. The molecule has 0 aliphatic rings. The number of carbonyl (C=O) groups excluding carboxylic acids is 2. The zero-order valence-corrected chi connectivity index (χ0v) is 15.5. The van der Waals surface area contributed by atoms with Crippen LogP contribution in [0.15, 0.2) is 48.0 Å². The van der Waals surface area contributed by atoms with Crippen LogP contribution in [0.2, 0.25) is 0 Å². The number of imidazole rings is 1. The van der Waals surface area contributed by atoms with Crippen molar-refractivity contribution < 1.29 is 14.3 Å². The number of esters is 1. The van der Waals surface area contributed by atoms with Gasteiger partial charge >= 0.3 is 5.97 Å². The quantitative estimate of drug-likeness (QED) is 0.345. The summed E-state index contributed by atoms with van der Waals surface area (Å²) in [5.74, 6) is -0.617. The molecule has 0 aliphatic carbocycles. The van der Waals surface area contributed by atoms with Crippen molar-refractivity contribution in [1.82, 2.24) is 25.3 Å². The maximum Gasteiger partial charge on any atom is 0.328 e. The van der Waals surface area contributed by atoms with E-state index in [2.05, 4.69) is 25.3 Å². The second-order valence-electron chi connectivity index (χ2n) is 5.63. The van der Waals surface area contributed by atoms with Gasteiger partial charge in [-0.1, -0.05) is 42.1 Å². The molecule has 2 heterocycles. The number of ether oxygens (including phenoxy) is 1. The number of aromatic nitrogens is 4. The highest BCUT2D eigenvalue weighted by Crippen LogP contribution is 2.21. The molecule has 9 heteroatoms. The number of carbonyl (C=O) groups is 2. The van der Waals surface area contributed by atoms with Crippen LogP contribution in [0, 0.1) is 0 Å². The molecule has 140 valence electrons. The van der Waals surface area contributed by atoms with Crippen molar-refractivity contribution in [1.29, 1.82) is 0 Å². The van der Waals surface area contributed by atoms with Gasteiger partial charge in [-0.3, -0.25) is 4.79 Å². The Labute approximate surface area is 160 Å². The SMILES string of the molecule is CCOC(=O)[C@H](Cc1ccccc1)NC(=O)CSc1ncnc2nc[nH]c12. The second-order valence-corrected chi connectivity index (χ2v) is 6.59. The first kappa shape index (κ1) is 18.8. The molecular formula is C18H19N5O3S. The number of fused-ring (bicyclic) bond motifs is 1. The van der Waals surface area contributed by atoms with E-state index >= 15 is 0 Å². The summed E-state index contributed by atoms with van der Waals surface area (Å²) in [5, 5.41) is 3.39. The van der Waals surface area contributed by atoms with E-state index in [1.165, 1.54) is 24.4 Å². The van der Waals surface area contributed by atoms with Crippen molar-refractivity contribution >= 4 is 34.8 Å². The molecule has 0 saturated heterocycles. The molecular weight excluding hydrogens is 366 g/mol. The Kier molecular flexibility index (Phi) is 6.37. The molecule has 0 bridgehead atoms. The third-order valence-corrected chi connectivity index (χ3v) is 4.71. The summed E-state index contributed by atoms with van der Waals surface area (Å²) in [6, 6.07) is 8.75. The summed E-state index contributed by atoms with van der Waals surface area (Å²) >= 11 is 1.25. The van der Waals surface area contributed by atoms with Crippen molar-refractivity contribution in [2.45, 2.75) is 24.4 Å². The van der Waals surface area contributed by atoms with Crippen LogP contribution in [0.25, 0.3) is 11.2 Å². The molecule has 1 amide bonds. The van der Waals surface area contributed by atoms with Crippen LogP contribution in [0.5, 0.6) is 0 Å². The van der Waals surface area contributed by atoms with Gasteiger partial charge in [0, 0.05) is 6.42 Å². The summed E-state index contributed by atoms with van der Waals surface area (Å²) < 4.78 is 5.09. The highest BCUT2D eigenvalue weighted by molar-refractivity contribution is 8.00. The average Bonchev–Trinajstić information content (AvgIpc) is 3.16. The summed E-state index contributed by atoms with van der Waals surface area (Å²) in [4.78, 5) is 39.8. The van der Waals surface area contributed by atoms with E-state index in [1.54, 1.807) is 6.92 Å². The summed E-state index contributed by atoms with van der Waals surface area (Å²) in [6.45, 7) is 1.99. The monoisotopic (exact) mass is 385 g/mol. The zero-order valence-electron chi connectivity index (χ0n) is 14.7. The predicted octanol–water partition coefficient (Wildman–Crippen LogP) is 1.74. The van der Waals surface area contributed by atoms with Gasteiger partial charge in [0.25, 0.3) is 0 Å². The molecule has 8 nitrogen and oxygen atoms in total. The molecule has 3 aromatic rings. The van der Waals surface area contributed by atoms with Crippen molar-refractivity contribution in [3.63, 3.8) is 0 Å². The minimum absolute atomic E-state index is 0.107. The van der Waals surface area contributed by atoms with Crippen molar-refractivity contribution in [2.75, 3.05) is 12.4 Å². The van der Waals surface area contributed by atoms with E-state index < -0.39 is 12.0 Å². The van der Waals surface area contributed by atoms with Crippen LogP contribution in [0.3, 0.4) is 0 Å². The van der Waals surface area contributed by atoms with Crippen LogP contribution in [-0.4, -0.2) is 50.2 Å². The lowest BCUT2D eigenvalue weighted by atomic mass is 10.1. The van der Waals surface area contributed by atoms with Gasteiger partial charge in [-0.15, -0.1) is 0 Å². The van der Waals surface area contributed by atoms with E-state index in [0.29, 0.717) is 22.6 Å². The zero-order chi connectivity index (χ0) is 19.1. The number of aromatic amines is 1. The molecule has 2 N–H and O–H groups in total. The number of nitrogens with one attached hydrogen (secondary N) is 2. The average molecular weight is 385 g/mol. The smallest absolute Gasteiger partial charge is 0.328 e. The number of nitrogens with zero attached hydrogens (tertiary/aromatic N) is 3. The first-order valence-electron chi connectivity index (χ1n) is 8.44. The lowest BCUT2D eigenvalue weighted by Gasteiger charge is -2.17. The molecule has 3 rings (SSSR count). The molecule has 0 aliphatic heterocycles. The predicted molar refractivity (Wildman–Crippen MR) is 101 cm³/mol. The summed E-state index contributed by atoms with van der Waals surface area (Å²) in [5.41, 5.74) is 2.17. The Morgan fingerprint density at radius 1 is 1.22 bits per heavy atom. The van der Waals surface area contributed by atoms with E-state index in [-0.39, 0.29) is 18.3 Å². The number of H-pyrrole nitrogens is 1. The van der Waals surface area contributed by atoms with E-state index in [9.17, 15) is 9.59 Å². The topological polar surface area (TPSA) is 110 Å². The lowest BCUT2D eigenvalue weighted by molar-refractivity contribution is -0.147. The highest BCUT2D eigenvalue weighted by Gasteiger charge is 2.22. The van der Waals surface area contributed by atoms with Crippen LogP contribution < -0.4 is 5.32 Å². The first-order valence-corrected chi connectivity index (χ1v) is 9.42. The van der Waals surface area contributed by atoms with Gasteiger partial charge < -0.3 is 15.0 Å². The van der Waals surface area contributed by atoms with Crippen molar-refractivity contribution in [3.8, 4) is 0 Å². The highest BCUT2D eigenvalue weighted by atomic mass is 32.2. The fourth-order valence-corrected chi connectivity index (χ4v) is 3.28. The van der Waals surface area contributed by atoms with Gasteiger partial charge in [-0.25, -0.2) is 19.7 Å². The number of benzene rings is 1. The maximum atomic E-state index is 12.4. The molecule has 1 aromatic carbocycles. The van der Waals surface area contributed by atoms with Crippen molar-refractivity contribution in [3.05, 3.63) is 48.5 Å². The Morgan fingerprint density at radius 3 is 2.81 bits per heavy atom. The Bertz CT molecular complexity index is 916. The number of amides is 1. The van der Waals surface area contributed by atoms with Crippen LogP contribution in [-0.2, 0) is 20.7 Å². The number of rotatable bonds is 8. The number of hydrogen-bond donors (Lipinski definition) is 2. The van der Waals surface area contributed by atoms with Gasteiger partial charge in [0.2, 0.25) is 5.91 Å². The number of hydrogen-bond acceptors (Lipinski definition) is 7. The maximum absolute atomic E-state index is 12.4. The van der Waals surface area contributed by atoms with E-state index in [1.807, 2.05) is 30.3 Å². The third-order valence-electron chi connectivity index (χ3n) is 3.72. The third kappa shape index (κ3) is 5.04. The van der Waals surface area contributed by atoms with Crippen molar-refractivity contribution in [2.24, 2.45) is 0 Å². The van der Waals surface area contributed by atoms with E-state index in [0.717, 1.165) is 5.56 Å². The molecule has 0 spiro atoms. The summed E-state index contributed by atoms with van der Waals surface area (Å²) in [7, 11) is 0. The van der Waals surface area contributed by atoms with Gasteiger partial charge in [0.05, 0.1) is 18.7 Å². The molecule has 2 aromatic heterocycles. The fourth-order valence-electron chi connectivity index (χ4n) is 2.51. The van der Waals surface area contributed by atoms with Gasteiger partial charge in [-0.2, -0.15) is 0 Å². The van der Waals surface area contributed by atoms with Crippen LogP contribution in [0.4, 0.5) is 0 Å². The normalized spacial score (nSPS) is 11.9. The second kappa shape index (κ2) is 9.13. The summed E-state index contributed by atoms with van der Waals surface area (Å²) in [6.07, 6.45) is 3.30. The Hall–Kier alpha value is -2.94. The van der Waals surface area contributed by atoms with Gasteiger partial charge in [0.1, 0.15) is 22.9 Å². The molecule has 0 radical (unpaired) electrons. The molecule has 0 fully saturated rings. The largest absolute Gasteiger partial charge is 0.464 e. The van der Waals surface area contributed by atoms with Crippen LogP contribution in [0.1, 0.15) is 12.5 Å². The Morgan fingerprint density at radius 2 is 2.04 bits per heavy atom. The molecule has 0 saturated carbocycles. The molecule has 27 heavy (non-hydrogen) atoms. The standard InChI is InChI=1S/C18H19N5O3S/c1-2-26-18(25)13(8-12-6-4-3-5-7-12)23-14(24)9-27-17-15-16(20-10-19-15)21-11-22-17/h3-7,10-11,13H,2,8-9H2,1H3,(H,23,24)(H,19,20,21,22)/t13-/m0/s1. The fraction of sp³-hybridized carbons (Fsp3) is 0.278. The molecule has 0 unspecified atom stereocenters.